The van der Waals surface area contributed by atoms with Gasteiger partial charge < -0.3 is 9.73 Å². The van der Waals surface area contributed by atoms with Crippen LogP contribution in [-0.2, 0) is 0 Å². The molecular formula is C17H20FNO. The zero-order valence-corrected chi connectivity index (χ0v) is 11.9. The van der Waals surface area contributed by atoms with Crippen LogP contribution in [0.25, 0.3) is 17.4 Å². The molecule has 0 unspecified atom stereocenters. The molecule has 0 aliphatic heterocycles. The zero-order valence-electron chi connectivity index (χ0n) is 11.9. The Balaban J connectivity index is 2.15. The fraction of sp³-hybridized carbons (Fsp3) is 0.294. The molecule has 0 aliphatic carbocycles. The average Bonchev–Trinajstić information content (AvgIpc) is 2.92. The molecule has 1 aromatic carbocycles. The summed E-state index contributed by atoms with van der Waals surface area (Å²) in [6, 6.07) is 10.2. The van der Waals surface area contributed by atoms with E-state index in [9.17, 15) is 4.39 Å². The Kier molecular flexibility index (Phi) is 5.13. The van der Waals surface area contributed by atoms with E-state index in [4.69, 9.17) is 4.42 Å². The highest BCUT2D eigenvalue weighted by atomic mass is 19.1. The maximum Gasteiger partial charge on any atom is 0.134 e. The predicted molar refractivity (Wildman–Crippen MR) is 80.9 cm³/mol. The van der Waals surface area contributed by atoms with Gasteiger partial charge in [0.2, 0.25) is 0 Å². The van der Waals surface area contributed by atoms with E-state index < -0.39 is 0 Å². The van der Waals surface area contributed by atoms with E-state index in [-0.39, 0.29) is 5.82 Å². The Bertz CT molecular complexity index is 569. The van der Waals surface area contributed by atoms with E-state index in [2.05, 4.69) is 25.2 Å². The molecule has 1 heterocycles. The lowest BCUT2D eigenvalue weighted by atomic mass is 10.1. The van der Waals surface area contributed by atoms with Crippen molar-refractivity contribution >= 4 is 6.08 Å². The second-order valence-corrected chi connectivity index (χ2v) is 4.65. The van der Waals surface area contributed by atoms with Crippen LogP contribution in [0, 0.1) is 5.82 Å². The first-order valence-electron chi connectivity index (χ1n) is 6.99. The summed E-state index contributed by atoms with van der Waals surface area (Å²) >= 11 is 0. The van der Waals surface area contributed by atoms with Gasteiger partial charge in [0.05, 0.1) is 0 Å². The Labute approximate surface area is 119 Å². The molecule has 3 heteroatoms. The van der Waals surface area contributed by atoms with E-state index in [0.717, 1.165) is 36.6 Å². The van der Waals surface area contributed by atoms with Crippen molar-refractivity contribution in [1.29, 1.82) is 0 Å². The van der Waals surface area contributed by atoms with Crippen LogP contribution in [0.4, 0.5) is 4.39 Å². The van der Waals surface area contributed by atoms with Crippen molar-refractivity contribution in [1.82, 2.24) is 5.32 Å². The van der Waals surface area contributed by atoms with Crippen molar-refractivity contribution in [2.75, 3.05) is 13.1 Å². The molecule has 1 aromatic heterocycles. The summed E-state index contributed by atoms with van der Waals surface area (Å²) in [6.07, 6.45) is 3.05. The van der Waals surface area contributed by atoms with E-state index in [1.807, 2.05) is 12.1 Å². The predicted octanol–water partition coefficient (Wildman–Crippen LogP) is 4.49. The van der Waals surface area contributed by atoms with Crippen LogP contribution in [0.15, 0.2) is 46.4 Å². The molecule has 0 aliphatic rings. The standard InChI is InChI=1S/C17H20FNO/c1-3-13(12-19-4-2)11-16-9-10-17(20-16)14-5-7-15(18)8-6-14/h5-11,19H,3-4,12H2,1-2H3. The number of furan rings is 1. The molecular weight excluding hydrogens is 253 g/mol. The van der Waals surface area contributed by atoms with E-state index >= 15 is 0 Å². The minimum atomic E-state index is -0.237. The molecule has 2 rings (SSSR count). The number of nitrogens with one attached hydrogen (secondary N) is 1. The van der Waals surface area contributed by atoms with E-state index in [1.165, 1.54) is 17.7 Å². The molecule has 2 aromatic rings. The van der Waals surface area contributed by atoms with Crippen molar-refractivity contribution in [3.05, 3.63) is 53.5 Å². The molecule has 2 nitrogen and oxygen atoms in total. The van der Waals surface area contributed by atoms with E-state index in [1.54, 1.807) is 12.1 Å². The monoisotopic (exact) mass is 273 g/mol. The highest BCUT2D eigenvalue weighted by Crippen LogP contribution is 2.23. The quantitative estimate of drug-likeness (QED) is 0.839. The maximum absolute atomic E-state index is 12.9. The minimum absolute atomic E-state index is 0.237. The number of halogens is 1. The summed E-state index contributed by atoms with van der Waals surface area (Å²) in [5, 5.41) is 3.31. The molecule has 0 fully saturated rings. The van der Waals surface area contributed by atoms with Crippen LogP contribution >= 0.6 is 0 Å². The third kappa shape index (κ3) is 3.81. The summed E-state index contributed by atoms with van der Waals surface area (Å²) < 4.78 is 18.7. The van der Waals surface area contributed by atoms with Crippen molar-refractivity contribution in [3.63, 3.8) is 0 Å². The van der Waals surface area contributed by atoms with E-state index in [0.29, 0.717) is 0 Å². The van der Waals surface area contributed by atoms with Crippen molar-refractivity contribution in [2.45, 2.75) is 20.3 Å². The lowest BCUT2D eigenvalue weighted by molar-refractivity contribution is 0.570. The molecule has 0 bridgehead atoms. The van der Waals surface area contributed by atoms with Gasteiger partial charge in [0.15, 0.2) is 0 Å². The smallest absolute Gasteiger partial charge is 0.134 e. The summed E-state index contributed by atoms with van der Waals surface area (Å²) in [6.45, 7) is 6.05. The van der Waals surface area contributed by atoms with Gasteiger partial charge in [-0.3, -0.25) is 0 Å². The SMILES string of the molecule is CCNCC(=Cc1ccc(-c2ccc(F)cc2)o1)CC. The fourth-order valence-electron chi connectivity index (χ4n) is 1.96. The summed E-state index contributed by atoms with van der Waals surface area (Å²) in [5.41, 5.74) is 2.18. The van der Waals surface area contributed by atoms with Gasteiger partial charge in [-0.2, -0.15) is 0 Å². The number of rotatable bonds is 6. The molecule has 106 valence electrons. The Morgan fingerprint density at radius 3 is 2.55 bits per heavy atom. The first-order valence-corrected chi connectivity index (χ1v) is 6.99. The Hall–Kier alpha value is -1.87. The molecule has 0 radical (unpaired) electrons. The van der Waals surface area contributed by atoms with Crippen molar-refractivity contribution < 1.29 is 8.81 Å². The van der Waals surface area contributed by atoms with Crippen molar-refractivity contribution in [3.8, 4) is 11.3 Å². The van der Waals surface area contributed by atoms with Gasteiger partial charge in [-0.1, -0.05) is 19.4 Å². The number of hydrogen-bond donors (Lipinski definition) is 1. The average molecular weight is 273 g/mol. The highest BCUT2D eigenvalue weighted by molar-refractivity contribution is 5.60. The second kappa shape index (κ2) is 7.06. The van der Waals surface area contributed by atoms with Crippen LogP contribution < -0.4 is 5.32 Å². The van der Waals surface area contributed by atoms with Gasteiger partial charge in [0.25, 0.3) is 0 Å². The number of hydrogen-bond acceptors (Lipinski definition) is 2. The van der Waals surface area contributed by atoms with Crippen LogP contribution in [0.5, 0.6) is 0 Å². The third-order valence-electron chi connectivity index (χ3n) is 3.16. The van der Waals surface area contributed by atoms with Crippen LogP contribution in [0.1, 0.15) is 26.0 Å². The van der Waals surface area contributed by atoms with Gasteiger partial charge in [0.1, 0.15) is 17.3 Å². The first-order chi connectivity index (χ1) is 9.72. The van der Waals surface area contributed by atoms with Gasteiger partial charge >= 0.3 is 0 Å². The lowest BCUT2D eigenvalue weighted by Gasteiger charge is -2.04. The van der Waals surface area contributed by atoms with Crippen LogP contribution in [-0.4, -0.2) is 13.1 Å². The zero-order chi connectivity index (χ0) is 14.4. The molecule has 20 heavy (non-hydrogen) atoms. The Morgan fingerprint density at radius 1 is 1.15 bits per heavy atom. The Morgan fingerprint density at radius 2 is 1.90 bits per heavy atom. The van der Waals surface area contributed by atoms with Gasteiger partial charge in [0, 0.05) is 12.1 Å². The number of benzene rings is 1. The molecule has 0 saturated carbocycles. The van der Waals surface area contributed by atoms with Gasteiger partial charge in [-0.05, 0) is 55.4 Å². The topological polar surface area (TPSA) is 25.2 Å². The summed E-state index contributed by atoms with van der Waals surface area (Å²) in [4.78, 5) is 0. The molecule has 0 amide bonds. The highest BCUT2D eigenvalue weighted by Gasteiger charge is 2.04. The molecule has 0 saturated heterocycles. The second-order valence-electron chi connectivity index (χ2n) is 4.65. The normalized spacial score (nSPS) is 11.8. The molecule has 0 spiro atoms. The summed E-state index contributed by atoms with van der Waals surface area (Å²) in [5.74, 6) is 1.36. The van der Waals surface area contributed by atoms with Crippen molar-refractivity contribution in [2.24, 2.45) is 0 Å². The molecule has 0 atom stereocenters. The largest absolute Gasteiger partial charge is 0.457 e. The lowest BCUT2D eigenvalue weighted by Crippen LogP contribution is -2.15. The fourth-order valence-corrected chi connectivity index (χ4v) is 1.96. The molecule has 1 N–H and O–H groups in total. The third-order valence-corrected chi connectivity index (χ3v) is 3.16. The van der Waals surface area contributed by atoms with Crippen LogP contribution in [0.3, 0.4) is 0 Å². The maximum atomic E-state index is 12.9. The van der Waals surface area contributed by atoms with Crippen LogP contribution in [0.2, 0.25) is 0 Å². The number of likely N-dealkylation sites (N-methyl/N-ethyl adjacent to an activating group) is 1. The van der Waals surface area contributed by atoms with Gasteiger partial charge in [-0.15, -0.1) is 0 Å². The van der Waals surface area contributed by atoms with Gasteiger partial charge in [-0.25, -0.2) is 4.39 Å². The summed E-state index contributed by atoms with van der Waals surface area (Å²) in [7, 11) is 0. The minimum Gasteiger partial charge on any atom is -0.457 e. The first kappa shape index (κ1) is 14.5.